The molecule has 0 atom stereocenters. The van der Waals surface area contributed by atoms with Crippen LogP contribution in [0.2, 0.25) is 0 Å². The highest BCUT2D eigenvalue weighted by Gasteiger charge is 2.10. The lowest BCUT2D eigenvalue weighted by Crippen LogP contribution is -2.43. The fraction of sp³-hybridized carbons (Fsp3) is 0.188. The van der Waals surface area contributed by atoms with Crippen molar-refractivity contribution >= 4 is 28.1 Å². The number of methoxy groups -OCH3 is 1. The van der Waals surface area contributed by atoms with Crippen LogP contribution in [0.25, 0.3) is 4.96 Å². The number of hydrogen-bond donors (Lipinski definition) is 2. The van der Waals surface area contributed by atoms with Crippen LogP contribution in [-0.2, 0) is 22.4 Å². The zero-order valence-corrected chi connectivity index (χ0v) is 13.8. The second-order valence-electron chi connectivity index (χ2n) is 5.12. The SMILES string of the molecule is COc1ccc(CC(=O)NNC(=O)Cc2cn3ccsc3n2)cc1. The zero-order chi connectivity index (χ0) is 16.9. The van der Waals surface area contributed by atoms with Gasteiger partial charge in [0.25, 0.3) is 0 Å². The van der Waals surface area contributed by atoms with Gasteiger partial charge in [0.05, 0.1) is 25.6 Å². The summed E-state index contributed by atoms with van der Waals surface area (Å²) < 4.78 is 6.92. The zero-order valence-electron chi connectivity index (χ0n) is 13.0. The number of hydrogen-bond acceptors (Lipinski definition) is 5. The summed E-state index contributed by atoms with van der Waals surface area (Å²) in [4.78, 5) is 28.9. The number of carbonyl (C=O) groups excluding carboxylic acids is 2. The van der Waals surface area contributed by atoms with Crippen molar-refractivity contribution in [3.8, 4) is 5.75 Å². The molecule has 0 saturated heterocycles. The van der Waals surface area contributed by atoms with Crippen LogP contribution in [0.4, 0.5) is 0 Å². The van der Waals surface area contributed by atoms with Crippen molar-refractivity contribution in [2.75, 3.05) is 7.11 Å². The minimum Gasteiger partial charge on any atom is -0.497 e. The molecule has 2 N–H and O–H groups in total. The Morgan fingerprint density at radius 1 is 1.17 bits per heavy atom. The van der Waals surface area contributed by atoms with Gasteiger partial charge in [0, 0.05) is 17.8 Å². The highest BCUT2D eigenvalue weighted by Crippen LogP contribution is 2.12. The molecule has 1 aromatic carbocycles. The molecule has 24 heavy (non-hydrogen) atoms. The second-order valence-corrected chi connectivity index (χ2v) is 6.00. The average Bonchev–Trinajstić information content (AvgIpc) is 3.15. The first-order valence-electron chi connectivity index (χ1n) is 7.26. The van der Waals surface area contributed by atoms with E-state index in [1.165, 1.54) is 11.3 Å². The number of aromatic nitrogens is 2. The van der Waals surface area contributed by atoms with E-state index in [0.29, 0.717) is 5.69 Å². The van der Waals surface area contributed by atoms with E-state index in [9.17, 15) is 9.59 Å². The Bertz CT molecular complexity index is 825. The van der Waals surface area contributed by atoms with Crippen LogP contribution in [0.5, 0.6) is 5.75 Å². The van der Waals surface area contributed by atoms with Crippen LogP contribution in [0.3, 0.4) is 0 Å². The van der Waals surface area contributed by atoms with E-state index in [2.05, 4.69) is 15.8 Å². The summed E-state index contributed by atoms with van der Waals surface area (Å²) in [7, 11) is 1.58. The Hall–Kier alpha value is -2.87. The quantitative estimate of drug-likeness (QED) is 0.684. The van der Waals surface area contributed by atoms with Gasteiger partial charge in [-0.3, -0.25) is 24.8 Å². The Kier molecular flexibility index (Phi) is 4.76. The van der Waals surface area contributed by atoms with E-state index < -0.39 is 0 Å². The molecule has 124 valence electrons. The summed E-state index contributed by atoms with van der Waals surface area (Å²) in [6.45, 7) is 0. The maximum absolute atomic E-state index is 11.9. The number of fused-ring (bicyclic) bond motifs is 1. The average molecular weight is 344 g/mol. The Morgan fingerprint density at radius 3 is 2.54 bits per heavy atom. The molecular formula is C16H16N4O3S. The molecule has 8 heteroatoms. The molecule has 0 saturated carbocycles. The number of nitrogens with zero attached hydrogens (tertiary/aromatic N) is 2. The number of imidazole rings is 1. The maximum Gasteiger partial charge on any atom is 0.244 e. The normalized spacial score (nSPS) is 10.5. The summed E-state index contributed by atoms with van der Waals surface area (Å²) in [5.74, 6) is 0.121. The second kappa shape index (κ2) is 7.14. The monoisotopic (exact) mass is 344 g/mol. The first-order valence-corrected chi connectivity index (χ1v) is 8.13. The molecule has 2 aromatic heterocycles. The molecule has 7 nitrogen and oxygen atoms in total. The Balaban J connectivity index is 1.46. The number of amides is 2. The Labute approximate surface area is 142 Å². The number of hydrazine groups is 1. The molecule has 3 aromatic rings. The van der Waals surface area contributed by atoms with E-state index in [0.717, 1.165) is 16.3 Å². The smallest absolute Gasteiger partial charge is 0.244 e. The lowest BCUT2D eigenvalue weighted by atomic mass is 10.1. The predicted molar refractivity (Wildman–Crippen MR) is 89.8 cm³/mol. The van der Waals surface area contributed by atoms with Gasteiger partial charge in [0.15, 0.2) is 4.96 Å². The predicted octanol–water partition coefficient (Wildman–Crippen LogP) is 1.34. The number of ether oxygens (including phenoxy) is 1. The van der Waals surface area contributed by atoms with E-state index in [4.69, 9.17) is 4.74 Å². The summed E-state index contributed by atoms with van der Waals surface area (Å²) in [5.41, 5.74) is 6.29. The molecule has 0 unspecified atom stereocenters. The van der Waals surface area contributed by atoms with Crippen molar-refractivity contribution < 1.29 is 14.3 Å². The van der Waals surface area contributed by atoms with Crippen LogP contribution < -0.4 is 15.6 Å². The molecular weight excluding hydrogens is 328 g/mol. The molecule has 0 aliphatic heterocycles. The first kappa shape index (κ1) is 16.0. The fourth-order valence-corrected chi connectivity index (χ4v) is 2.90. The molecule has 2 amide bonds. The topological polar surface area (TPSA) is 84.7 Å². The minimum atomic E-state index is -0.316. The summed E-state index contributed by atoms with van der Waals surface area (Å²) in [6, 6.07) is 7.17. The number of thiazole rings is 1. The van der Waals surface area contributed by atoms with Gasteiger partial charge in [-0.25, -0.2) is 4.98 Å². The van der Waals surface area contributed by atoms with Gasteiger partial charge in [-0.05, 0) is 17.7 Å². The maximum atomic E-state index is 11.9. The van der Waals surface area contributed by atoms with Crippen molar-refractivity contribution in [2.24, 2.45) is 0 Å². The van der Waals surface area contributed by atoms with Gasteiger partial charge < -0.3 is 4.74 Å². The molecule has 0 aliphatic carbocycles. The van der Waals surface area contributed by atoms with Gasteiger partial charge in [-0.2, -0.15) is 0 Å². The molecule has 3 rings (SSSR count). The van der Waals surface area contributed by atoms with Crippen molar-refractivity contribution in [2.45, 2.75) is 12.8 Å². The van der Waals surface area contributed by atoms with Crippen molar-refractivity contribution in [3.05, 3.63) is 53.3 Å². The van der Waals surface area contributed by atoms with E-state index in [1.807, 2.05) is 16.0 Å². The van der Waals surface area contributed by atoms with Gasteiger partial charge in [-0.1, -0.05) is 12.1 Å². The van der Waals surface area contributed by atoms with Gasteiger partial charge >= 0.3 is 0 Å². The summed E-state index contributed by atoms with van der Waals surface area (Å²) in [5, 5.41) is 1.92. The molecule has 0 fully saturated rings. The molecule has 0 radical (unpaired) electrons. The van der Waals surface area contributed by atoms with Crippen molar-refractivity contribution in [1.29, 1.82) is 0 Å². The van der Waals surface area contributed by atoms with Crippen LogP contribution in [0.1, 0.15) is 11.3 Å². The largest absolute Gasteiger partial charge is 0.497 e. The third-order valence-corrected chi connectivity index (χ3v) is 4.12. The fourth-order valence-electron chi connectivity index (χ4n) is 2.18. The lowest BCUT2D eigenvalue weighted by Gasteiger charge is -2.07. The van der Waals surface area contributed by atoms with Gasteiger partial charge in [-0.15, -0.1) is 11.3 Å². The number of rotatable bonds is 5. The van der Waals surface area contributed by atoms with Gasteiger partial charge in [0.1, 0.15) is 5.75 Å². The van der Waals surface area contributed by atoms with Crippen LogP contribution >= 0.6 is 11.3 Å². The van der Waals surface area contributed by atoms with Gasteiger partial charge in [0.2, 0.25) is 11.8 Å². The number of carbonyl (C=O) groups is 2. The van der Waals surface area contributed by atoms with E-state index in [-0.39, 0.29) is 24.7 Å². The molecule has 0 spiro atoms. The van der Waals surface area contributed by atoms with Crippen LogP contribution in [-0.4, -0.2) is 28.3 Å². The molecule has 0 aliphatic rings. The number of nitrogens with one attached hydrogen (secondary N) is 2. The minimum absolute atomic E-state index is 0.108. The van der Waals surface area contributed by atoms with Crippen molar-refractivity contribution in [1.82, 2.24) is 20.2 Å². The summed E-state index contributed by atoms with van der Waals surface area (Å²) >= 11 is 1.50. The van der Waals surface area contributed by atoms with Crippen LogP contribution in [0, 0.1) is 0 Å². The number of benzene rings is 1. The highest BCUT2D eigenvalue weighted by atomic mass is 32.1. The lowest BCUT2D eigenvalue weighted by molar-refractivity contribution is -0.128. The molecule has 0 bridgehead atoms. The van der Waals surface area contributed by atoms with Crippen molar-refractivity contribution in [3.63, 3.8) is 0 Å². The Morgan fingerprint density at radius 2 is 1.88 bits per heavy atom. The van der Waals surface area contributed by atoms with E-state index >= 15 is 0 Å². The third-order valence-electron chi connectivity index (χ3n) is 3.35. The van der Waals surface area contributed by atoms with E-state index in [1.54, 1.807) is 37.6 Å². The summed E-state index contributed by atoms with van der Waals surface area (Å²) in [6.07, 6.45) is 3.96. The third kappa shape index (κ3) is 3.90. The first-order chi connectivity index (χ1) is 11.6. The highest BCUT2D eigenvalue weighted by molar-refractivity contribution is 7.15. The molecule has 2 heterocycles. The van der Waals surface area contributed by atoms with Crippen LogP contribution in [0.15, 0.2) is 42.0 Å². The standard InChI is InChI=1S/C16H16N4O3S/c1-23-13-4-2-11(3-5-13)8-14(21)18-19-15(22)9-12-10-20-6-7-24-16(20)17-12/h2-7,10H,8-9H2,1H3,(H,18,21)(H,19,22).